The van der Waals surface area contributed by atoms with Crippen LogP contribution >= 0.6 is 0 Å². The SMILES string of the molecule is O=C(O)CC1CN(C(=O)c2cc([N+](=O)[O-])c[nH]2)CCO1. The van der Waals surface area contributed by atoms with Crippen molar-refractivity contribution in [3.05, 3.63) is 28.1 Å². The van der Waals surface area contributed by atoms with Crippen molar-refractivity contribution in [2.45, 2.75) is 12.5 Å². The summed E-state index contributed by atoms with van der Waals surface area (Å²) in [5.41, 5.74) is -0.0867. The zero-order valence-corrected chi connectivity index (χ0v) is 10.4. The quantitative estimate of drug-likeness (QED) is 0.602. The third kappa shape index (κ3) is 3.12. The van der Waals surface area contributed by atoms with Gasteiger partial charge in [0.15, 0.2) is 0 Å². The number of hydrogen-bond acceptors (Lipinski definition) is 5. The summed E-state index contributed by atoms with van der Waals surface area (Å²) in [5, 5.41) is 19.3. The van der Waals surface area contributed by atoms with Gasteiger partial charge in [0.1, 0.15) is 5.69 Å². The van der Waals surface area contributed by atoms with E-state index in [-0.39, 0.29) is 31.0 Å². The van der Waals surface area contributed by atoms with E-state index in [4.69, 9.17) is 9.84 Å². The Morgan fingerprint density at radius 3 is 2.95 bits per heavy atom. The second-order valence-electron chi connectivity index (χ2n) is 4.37. The lowest BCUT2D eigenvalue weighted by molar-refractivity contribution is -0.384. The largest absolute Gasteiger partial charge is 0.481 e. The van der Waals surface area contributed by atoms with Crippen molar-refractivity contribution in [1.82, 2.24) is 9.88 Å². The van der Waals surface area contributed by atoms with E-state index in [2.05, 4.69) is 4.98 Å². The van der Waals surface area contributed by atoms with E-state index in [1.54, 1.807) is 0 Å². The first-order chi connectivity index (χ1) is 9.47. The highest BCUT2D eigenvalue weighted by atomic mass is 16.6. The summed E-state index contributed by atoms with van der Waals surface area (Å²) in [5.74, 6) is -1.41. The summed E-state index contributed by atoms with van der Waals surface area (Å²) in [6, 6.07) is 1.16. The van der Waals surface area contributed by atoms with Crippen molar-refractivity contribution < 1.29 is 24.4 Å². The number of carboxylic acid groups (broad SMARTS) is 1. The maximum atomic E-state index is 12.1. The molecule has 0 radical (unpaired) electrons. The summed E-state index contributed by atoms with van der Waals surface area (Å²) in [4.78, 5) is 36.7. The zero-order valence-electron chi connectivity index (χ0n) is 10.4. The number of nitro groups is 1. The number of hydrogen-bond donors (Lipinski definition) is 2. The molecule has 9 heteroatoms. The lowest BCUT2D eigenvalue weighted by Crippen LogP contribution is -2.46. The van der Waals surface area contributed by atoms with Gasteiger partial charge in [0.25, 0.3) is 11.6 Å². The highest BCUT2D eigenvalue weighted by Crippen LogP contribution is 2.16. The predicted molar refractivity (Wildman–Crippen MR) is 65.3 cm³/mol. The molecular formula is C11H13N3O6. The fraction of sp³-hybridized carbons (Fsp3) is 0.455. The lowest BCUT2D eigenvalue weighted by atomic mass is 10.2. The Morgan fingerprint density at radius 2 is 2.35 bits per heavy atom. The Balaban J connectivity index is 2.04. The van der Waals surface area contributed by atoms with Crippen LogP contribution in [0.4, 0.5) is 5.69 Å². The summed E-state index contributed by atoms with van der Waals surface area (Å²) in [6.07, 6.45) is 0.395. The normalized spacial score (nSPS) is 18.8. The second kappa shape index (κ2) is 5.70. The van der Waals surface area contributed by atoms with Crippen molar-refractivity contribution in [1.29, 1.82) is 0 Å². The first kappa shape index (κ1) is 14.0. The fourth-order valence-corrected chi connectivity index (χ4v) is 2.00. The van der Waals surface area contributed by atoms with Gasteiger partial charge < -0.3 is 19.7 Å². The Morgan fingerprint density at radius 1 is 1.60 bits per heavy atom. The van der Waals surface area contributed by atoms with Crippen LogP contribution in [-0.2, 0) is 9.53 Å². The van der Waals surface area contributed by atoms with Crippen LogP contribution in [0.3, 0.4) is 0 Å². The molecule has 1 saturated heterocycles. The molecule has 2 heterocycles. The monoisotopic (exact) mass is 283 g/mol. The van der Waals surface area contributed by atoms with E-state index in [1.165, 1.54) is 4.90 Å². The molecule has 0 aromatic carbocycles. The Kier molecular flexibility index (Phi) is 3.99. The minimum atomic E-state index is -1.00. The average molecular weight is 283 g/mol. The Bertz CT molecular complexity index is 540. The Hall–Kier alpha value is -2.42. The number of aromatic amines is 1. The number of carbonyl (C=O) groups excluding carboxylic acids is 1. The van der Waals surface area contributed by atoms with Crippen LogP contribution in [0.25, 0.3) is 0 Å². The first-order valence-electron chi connectivity index (χ1n) is 5.93. The number of carboxylic acids is 1. The molecule has 1 atom stereocenters. The van der Waals surface area contributed by atoms with Gasteiger partial charge in [-0.25, -0.2) is 0 Å². The van der Waals surface area contributed by atoms with E-state index in [1.807, 2.05) is 0 Å². The van der Waals surface area contributed by atoms with Gasteiger partial charge in [-0.2, -0.15) is 0 Å². The van der Waals surface area contributed by atoms with Gasteiger partial charge in [0.2, 0.25) is 0 Å². The molecule has 0 saturated carbocycles. The van der Waals surface area contributed by atoms with Gasteiger partial charge in [-0.1, -0.05) is 0 Å². The van der Waals surface area contributed by atoms with Crippen LogP contribution in [0.1, 0.15) is 16.9 Å². The van der Waals surface area contributed by atoms with Crippen molar-refractivity contribution in [3.63, 3.8) is 0 Å². The summed E-state index contributed by atoms with van der Waals surface area (Å²) in [7, 11) is 0. The molecule has 9 nitrogen and oxygen atoms in total. The number of aliphatic carboxylic acids is 1. The number of H-pyrrole nitrogens is 1. The molecule has 1 aromatic rings. The molecular weight excluding hydrogens is 270 g/mol. The molecule has 1 aromatic heterocycles. The molecule has 1 aliphatic rings. The molecule has 0 bridgehead atoms. The van der Waals surface area contributed by atoms with E-state index in [9.17, 15) is 19.7 Å². The molecule has 0 aliphatic carbocycles. The van der Waals surface area contributed by atoms with Crippen LogP contribution < -0.4 is 0 Å². The highest BCUT2D eigenvalue weighted by molar-refractivity contribution is 5.93. The molecule has 1 unspecified atom stereocenters. The minimum absolute atomic E-state index is 0.104. The number of amides is 1. The van der Waals surface area contributed by atoms with Gasteiger partial charge >= 0.3 is 5.97 Å². The molecule has 20 heavy (non-hydrogen) atoms. The summed E-state index contributed by atoms with van der Waals surface area (Å²) < 4.78 is 5.26. The van der Waals surface area contributed by atoms with Crippen LogP contribution in [0, 0.1) is 10.1 Å². The molecule has 0 spiro atoms. The van der Waals surface area contributed by atoms with Crippen molar-refractivity contribution in [2.24, 2.45) is 0 Å². The molecule has 108 valence electrons. The topological polar surface area (TPSA) is 126 Å². The number of ether oxygens (including phenoxy) is 1. The van der Waals surface area contributed by atoms with Crippen molar-refractivity contribution in [2.75, 3.05) is 19.7 Å². The first-order valence-corrected chi connectivity index (χ1v) is 5.93. The highest BCUT2D eigenvalue weighted by Gasteiger charge is 2.28. The zero-order chi connectivity index (χ0) is 14.7. The van der Waals surface area contributed by atoms with E-state index in [0.29, 0.717) is 6.54 Å². The maximum Gasteiger partial charge on any atom is 0.306 e. The number of carbonyl (C=O) groups is 2. The smallest absolute Gasteiger partial charge is 0.306 e. The van der Waals surface area contributed by atoms with Gasteiger partial charge in [-0.3, -0.25) is 19.7 Å². The lowest BCUT2D eigenvalue weighted by Gasteiger charge is -2.31. The average Bonchev–Trinajstić information content (AvgIpc) is 2.87. The van der Waals surface area contributed by atoms with E-state index in [0.717, 1.165) is 12.3 Å². The molecule has 1 fully saturated rings. The van der Waals surface area contributed by atoms with Gasteiger partial charge in [-0.05, 0) is 0 Å². The van der Waals surface area contributed by atoms with Crippen LogP contribution in [-0.4, -0.2) is 57.6 Å². The fourth-order valence-electron chi connectivity index (χ4n) is 2.00. The number of aromatic nitrogens is 1. The minimum Gasteiger partial charge on any atom is -0.481 e. The van der Waals surface area contributed by atoms with Gasteiger partial charge in [-0.15, -0.1) is 0 Å². The molecule has 2 rings (SSSR count). The Labute approximate surface area is 113 Å². The van der Waals surface area contributed by atoms with Gasteiger partial charge in [0.05, 0.1) is 30.3 Å². The summed E-state index contributed by atoms with van der Waals surface area (Å²) in [6.45, 7) is 0.714. The van der Waals surface area contributed by atoms with Crippen molar-refractivity contribution >= 4 is 17.6 Å². The standard InChI is InChI=1S/C11H13N3O6/c15-10(16)4-8-6-13(1-2-20-8)11(17)9-3-7(5-12-9)14(18)19/h3,5,8,12H,1-2,4,6H2,(H,15,16). The van der Waals surface area contributed by atoms with Gasteiger partial charge in [0, 0.05) is 19.2 Å². The number of nitrogens with one attached hydrogen (secondary N) is 1. The third-order valence-electron chi connectivity index (χ3n) is 2.94. The summed E-state index contributed by atoms with van der Waals surface area (Å²) >= 11 is 0. The van der Waals surface area contributed by atoms with Crippen LogP contribution in [0.2, 0.25) is 0 Å². The van der Waals surface area contributed by atoms with Crippen LogP contribution in [0.15, 0.2) is 12.3 Å². The predicted octanol–water partition coefficient (Wildman–Crippen LogP) is 0.239. The molecule has 2 N–H and O–H groups in total. The molecule has 1 amide bonds. The second-order valence-corrected chi connectivity index (χ2v) is 4.37. The number of rotatable bonds is 4. The maximum absolute atomic E-state index is 12.1. The van der Waals surface area contributed by atoms with Crippen molar-refractivity contribution in [3.8, 4) is 0 Å². The van der Waals surface area contributed by atoms with E-state index >= 15 is 0 Å². The number of morpholine rings is 1. The third-order valence-corrected chi connectivity index (χ3v) is 2.94. The van der Waals surface area contributed by atoms with Crippen LogP contribution in [0.5, 0.6) is 0 Å². The van der Waals surface area contributed by atoms with E-state index < -0.39 is 22.9 Å². The number of nitrogens with zero attached hydrogens (tertiary/aromatic N) is 2. The molecule has 1 aliphatic heterocycles.